The molecule has 3 unspecified atom stereocenters. The number of rotatable bonds is 8. The van der Waals surface area contributed by atoms with Crippen molar-refractivity contribution in [2.75, 3.05) is 19.6 Å². The Labute approximate surface area is 129 Å². The van der Waals surface area contributed by atoms with Crippen molar-refractivity contribution in [3.63, 3.8) is 0 Å². The van der Waals surface area contributed by atoms with Crippen LogP contribution in [0, 0.1) is 5.92 Å². The van der Waals surface area contributed by atoms with Crippen LogP contribution in [0.5, 0.6) is 0 Å². The SMILES string of the molecule is CCCCN(Cc1ccc(C2CC2C)o1)CC1CCCN1. The molecule has 21 heavy (non-hydrogen) atoms. The molecule has 1 N–H and O–H groups in total. The maximum atomic E-state index is 6.09. The molecular formula is C18H30N2O. The molecule has 1 saturated carbocycles. The minimum absolute atomic E-state index is 0.680. The van der Waals surface area contributed by atoms with Gasteiger partial charge in [-0.05, 0) is 56.8 Å². The van der Waals surface area contributed by atoms with Gasteiger partial charge in [0.05, 0.1) is 6.54 Å². The molecule has 1 aromatic heterocycles. The number of nitrogens with zero attached hydrogens (tertiary/aromatic N) is 1. The highest BCUT2D eigenvalue weighted by molar-refractivity contribution is 5.17. The molecule has 1 saturated heterocycles. The molecule has 1 aliphatic carbocycles. The number of unbranched alkanes of at least 4 members (excludes halogenated alkanes) is 1. The second-order valence-corrected chi connectivity index (χ2v) is 7.01. The highest BCUT2D eigenvalue weighted by Gasteiger charge is 2.36. The fraction of sp³-hybridized carbons (Fsp3) is 0.778. The lowest BCUT2D eigenvalue weighted by molar-refractivity contribution is 0.218. The van der Waals surface area contributed by atoms with Crippen molar-refractivity contribution in [2.24, 2.45) is 5.92 Å². The van der Waals surface area contributed by atoms with E-state index >= 15 is 0 Å². The summed E-state index contributed by atoms with van der Waals surface area (Å²) >= 11 is 0. The minimum atomic E-state index is 0.680. The minimum Gasteiger partial charge on any atom is -0.464 e. The van der Waals surface area contributed by atoms with Gasteiger partial charge in [0.15, 0.2) is 0 Å². The number of nitrogens with one attached hydrogen (secondary N) is 1. The first kappa shape index (κ1) is 15.1. The van der Waals surface area contributed by atoms with Crippen LogP contribution in [-0.4, -0.2) is 30.6 Å². The van der Waals surface area contributed by atoms with Crippen LogP contribution in [0.1, 0.15) is 63.4 Å². The van der Waals surface area contributed by atoms with Gasteiger partial charge in [-0.15, -0.1) is 0 Å². The third-order valence-corrected chi connectivity index (χ3v) is 5.01. The molecule has 1 aliphatic heterocycles. The van der Waals surface area contributed by atoms with E-state index in [4.69, 9.17) is 4.42 Å². The Morgan fingerprint density at radius 1 is 1.38 bits per heavy atom. The summed E-state index contributed by atoms with van der Waals surface area (Å²) in [6.07, 6.45) is 6.50. The summed E-state index contributed by atoms with van der Waals surface area (Å²) in [5.74, 6) is 3.88. The molecular weight excluding hydrogens is 260 g/mol. The van der Waals surface area contributed by atoms with Gasteiger partial charge >= 0.3 is 0 Å². The molecule has 0 bridgehead atoms. The summed E-state index contributed by atoms with van der Waals surface area (Å²) in [5, 5.41) is 3.62. The summed E-state index contributed by atoms with van der Waals surface area (Å²) in [4.78, 5) is 2.57. The zero-order valence-electron chi connectivity index (χ0n) is 13.6. The molecule has 2 fully saturated rings. The van der Waals surface area contributed by atoms with Gasteiger partial charge in [-0.1, -0.05) is 20.3 Å². The van der Waals surface area contributed by atoms with E-state index in [0.717, 1.165) is 24.8 Å². The van der Waals surface area contributed by atoms with Gasteiger partial charge < -0.3 is 9.73 Å². The lowest BCUT2D eigenvalue weighted by atomic mass is 10.2. The number of hydrogen-bond donors (Lipinski definition) is 1. The monoisotopic (exact) mass is 290 g/mol. The zero-order chi connectivity index (χ0) is 14.7. The van der Waals surface area contributed by atoms with Crippen LogP contribution in [0.2, 0.25) is 0 Å². The molecule has 3 rings (SSSR count). The summed E-state index contributed by atoms with van der Waals surface area (Å²) in [5.41, 5.74) is 0. The van der Waals surface area contributed by atoms with Crippen LogP contribution < -0.4 is 5.32 Å². The average molecular weight is 290 g/mol. The maximum Gasteiger partial charge on any atom is 0.118 e. The van der Waals surface area contributed by atoms with Crippen LogP contribution >= 0.6 is 0 Å². The van der Waals surface area contributed by atoms with Gasteiger partial charge in [-0.2, -0.15) is 0 Å². The second-order valence-electron chi connectivity index (χ2n) is 7.01. The smallest absolute Gasteiger partial charge is 0.118 e. The van der Waals surface area contributed by atoms with Crippen LogP contribution in [0.4, 0.5) is 0 Å². The standard InChI is InChI=1S/C18H30N2O/c1-3-4-10-20(12-15-6-5-9-19-15)13-16-7-8-18(21-16)17-11-14(17)2/h7-8,14-15,17,19H,3-6,9-13H2,1-2H3. The van der Waals surface area contributed by atoms with Gasteiger partial charge in [0.2, 0.25) is 0 Å². The Bertz CT molecular complexity index is 436. The molecule has 0 radical (unpaired) electrons. The molecule has 118 valence electrons. The predicted octanol–water partition coefficient (Wildman–Crippen LogP) is 3.76. The maximum absolute atomic E-state index is 6.09. The summed E-state index contributed by atoms with van der Waals surface area (Å²) in [7, 11) is 0. The third-order valence-electron chi connectivity index (χ3n) is 5.01. The van der Waals surface area contributed by atoms with E-state index in [1.54, 1.807) is 0 Å². The quantitative estimate of drug-likeness (QED) is 0.790. The Hall–Kier alpha value is -0.800. The van der Waals surface area contributed by atoms with Gasteiger partial charge in [-0.25, -0.2) is 0 Å². The summed E-state index contributed by atoms with van der Waals surface area (Å²) < 4.78 is 6.09. The molecule has 0 aromatic carbocycles. The summed E-state index contributed by atoms with van der Waals surface area (Å²) in [6, 6.07) is 5.08. The molecule has 0 spiro atoms. The van der Waals surface area contributed by atoms with Crippen molar-refractivity contribution < 1.29 is 4.42 Å². The van der Waals surface area contributed by atoms with E-state index in [9.17, 15) is 0 Å². The highest BCUT2D eigenvalue weighted by Crippen LogP contribution is 2.47. The number of furan rings is 1. The highest BCUT2D eigenvalue weighted by atomic mass is 16.3. The van der Waals surface area contributed by atoms with E-state index in [2.05, 4.69) is 36.2 Å². The third kappa shape index (κ3) is 4.10. The van der Waals surface area contributed by atoms with Crippen molar-refractivity contribution in [2.45, 2.75) is 64.5 Å². The first-order valence-corrected chi connectivity index (χ1v) is 8.80. The van der Waals surface area contributed by atoms with Crippen LogP contribution in [0.25, 0.3) is 0 Å². The Kier molecular flexibility index (Phi) is 5.02. The van der Waals surface area contributed by atoms with Crippen LogP contribution in [0.15, 0.2) is 16.5 Å². The summed E-state index contributed by atoms with van der Waals surface area (Å²) in [6.45, 7) is 9.09. The van der Waals surface area contributed by atoms with Crippen molar-refractivity contribution in [1.29, 1.82) is 0 Å². The molecule has 3 nitrogen and oxygen atoms in total. The average Bonchev–Trinajstić information content (AvgIpc) is 2.90. The van der Waals surface area contributed by atoms with E-state index in [1.165, 1.54) is 51.0 Å². The van der Waals surface area contributed by atoms with Crippen molar-refractivity contribution in [3.05, 3.63) is 23.7 Å². The molecule has 2 aliphatic rings. The first-order chi connectivity index (χ1) is 10.3. The molecule has 0 amide bonds. The topological polar surface area (TPSA) is 28.4 Å². The predicted molar refractivity (Wildman–Crippen MR) is 86.4 cm³/mol. The van der Waals surface area contributed by atoms with E-state index < -0.39 is 0 Å². The van der Waals surface area contributed by atoms with Crippen LogP contribution in [0.3, 0.4) is 0 Å². The molecule has 1 aromatic rings. The second kappa shape index (κ2) is 6.97. The molecule has 2 heterocycles. The Balaban J connectivity index is 1.55. The largest absolute Gasteiger partial charge is 0.464 e. The van der Waals surface area contributed by atoms with E-state index in [0.29, 0.717) is 12.0 Å². The Morgan fingerprint density at radius 2 is 2.24 bits per heavy atom. The fourth-order valence-electron chi connectivity index (χ4n) is 3.46. The van der Waals surface area contributed by atoms with Gasteiger partial charge in [-0.3, -0.25) is 4.90 Å². The fourth-order valence-corrected chi connectivity index (χ4v) is 3.46. The molecule has 3 heteroatoms. The van der Waals surface area contributed by atoms with Gasteiger partial charge in [0, 0.05) is 18.5 Å². The zero-order valence-corrected chi connectivity index (χ0v) is 13.6. The number of hydrogen-bond acceptors (Lipinski definition) is 3. The van der Waals surface area contributed by atoms with Crippen molar-refractivity contribution >= 4 is 0 Å². The Morgan fingerprint density at radius 3 is 2.90 bits per heavy atom. The lowest BCUT2D eigenvalue weighted by Crippen LogP contribution is -2.37. The van der Waals surface area contributed by atoms with Gasteiger partial charge in [0.25, 0.3) is 0 Å². The first-order valence-electron chi connectivity index (χ1n) is 8.80. The van der Waals surface area contributed by atoms with Crippen LogP contribution in [-0.2, 0) is 6.54 Å². The normalized spacial score (nSPS) is 28.4. The van der Waals surface area contributed by atoms with E-state index in [-0.39, 0.29) is 0 Å². The van der Waals surface area contributed by atoms with Crippen molar-refractivity contribution in [3.8, 4) is 0 Å². The van der Waals surface area contributed by atoms with Gasteiger partial charge in [0.1, 0.15) is 11.5 Å². The van der Waals surface area contributed by atoms with Crippen molar-refractivity contribution in [1.82, 2.24) is 10.2 Å². The molecule has 3 atom stereocenters. The van der Waals surface area contributed by atoms with E-state index in [1.807, 2.05) is 0 Å². The lowest BCUT2D eigenvalue weighted by Gasteiger charge is -2.24.